The summed E-state index contributed by atoms with van der Waals surface area (Å²) in [6, 6.07) is 7.19. The first kappa shape index (κ1) is 7.67. The standard InChI is InChI=1S/C9H7N3O/c13-5-8-1-3-9(4-2-8)12-6-10-11-7-12/h1-7H. The van der Waals surface area contributed by atoms with E-state index in [1.165, 1.54) is 0 Å². The van der Waals surface area contributed by atoms with E-state index in [1.807, 2.05) is 12.1 Å². The largest absolute Gasteiger partial charge is 0.298 e. The van der Waals surface area contributed by atoms with Crippen molar-refractivity contribution >= 4 is 6.29 Å². The molecule has 0 N–H and O–H groups in total. The highest BCUT2D eigenvalue weighted by Gasteiger charge is 1.95. The van der Waals surface area contributed by atoms with Gasteiger partial charge in [-0.25, -0.2) is 0 Å². The summed E-state index contributed by atoms with van der Waals surface area (Å²) in [5.74, 6) is 0. The van der Waals surface area contributed by atoms with Gasteiger partial charge in [0.05, 0.1) is 0 Å². The van der Waals surface area contributed by atoms with Gasteiger partial charge in [0.2, 0.25) is 0 Å². The van der Waals surface area contributed by atoms with Crippen molar-refractivity contribution < 1.29 is 4.79 Å². The monoisotopic (exact) mass is 173 g/mol. The SMILES string of the molecule is O=Cc1ccc(-n2cnnc2)cc1. The van der Waals surface area contributed by atoms with Gasteiger partial charge < -0.3 is 0 Å². The molecule has 4 nitrogen and oxygen atoms in total. The van der Waals surface area contributed by atoms with Crippen LogP contribution in [0.5, 0.6) is 0 Å². The van der Waals surface area contributed by atoms with Gasteiger partial charge in [-0.3, -0.25) is 9.36 Å². The van der Waals surface area contributed by atoms with Gasteiger partial charge in [-0.05, 0) is 24.3 Å². The van der Waals surface area contributed by atoms with Crippen LogP contribution in [0.1, 0.15) is 10.4 Å². The number of carbonyl (C=O) groups is 1. The Labute approximate surface area is 74.8 Å². The molecule has 0 saturated carbocycles. The Morgan fingerprint density at radius 3 is 2.23 bits per heavy atom. The van der Waals surface area contributed by atoms with Gasteiger partial charge in [0.1, 0.15) is 18.9 Å². The fraction of sp³-hybridized carbons (Fsp3) is 0. The van der Waals surface area contributed by atoms with E-state index in [4.69, 9.17) is 0 Å². The number of benzene rings is 1. The predicted molar refractivity (Wildman–Crippen MR) is 46.7 cm³/mol. The maximum absolute atomic E-state index is 10.4. The third kappa shape index (κ3) is 1.46. The van der Waals surface area contributed by atoms with Crippen molar-refractivity contribution in [3.63, 3.8) is 0 Å². The average Bonchev–Trinajstić information content (AvgIpc) is 2.71. The topological polar surface area (TPSA) is 47.8 Å². The molecule has 0 aliphatic heterocycles. The summed E-state index contributed by atoms with van der Waals surface area (Å²) in [6.45, 7) is 0. The number of rotatable bonds is 2. The van der Waals surface area contributed by atoms with Crippen molar-refractivity contribution in [3.05, 3.63) is 42.5 Å². The summed E-state index contributed by atoms with van der Waals surface area (Å²) in [6.07, 6.45) is 4.03. The van der Waals surface area contributed by atoms with Crippen molar-refractivity contribution in [2.75, 3.05) is 0 Å². The third-order valence-corrected chi connectivity index (χ3v) is 1.75. The molecule has 0 bridgehead atoms. The van der Waals surface area contributed by atoms with E-state index in [0.29, 0.717) is 5.56 Å². The quantitative estimate of drug-likeness (QED) is 0.638. The third-order valence-electron chi connectivity index (χ3n) is 1.75. The van der Waals surface area contributed by atoms with Crippen LogP contribution < -0.4 is 0 Å². The van der Waals surface area contributed by atoms with E-state index < -0.39 is 0 Å². The Hall–Kier alpha value is -1.97. The van der Waals surface area contributed by atoms with Gasteiger partial charge in [0.15, 0.2) is 0 Å². The highest BCUT2D eigenvalue weighted by atomic mass is 16.1. The molecule has 1 heterocycles. The minimum absolute atomic E-state index is 0.664. The second kappa shape index (κ2) is 3.18. The highest BCUT2D eigenvalue weighted by molar-refractivity contribution is 5.75. The molecule has 0 spiro atoms. The lowest BCUT2D eigenvalue weighted by molar-refractivity contribution is 0.112. The molecule has 13 heavy (non-hydrogen) atoms. The first-order valence-electron chi connectivity index (χ1n) is 3.80. The van der Waals surface area contributed by atoms with Crippen LogP contribution >= 0.6 is 0 Å². The Balaban J connectivity index is 2.38. The summed E-state index contributed by atoms with van der Waals surface area (Å²) in [4.78, 5) is 10.4. The molecule has 1 aromatic heterocycles. The first-order chi connectivity index (χ1) is 6.40. The number of carbonyl (C=O) groups excluding carboxylic acids is 1. The van der Waals surface area contributed by atoms with Crippen molar-refractivity contribution in [3.8, 4) is 5.69 Å². The van der Waals surface area contributed by atoms with E-state index in [2.05, 4.69) is 10.2 Å². The molecule has 0 unspecified atom stereocenters. The Morgan fingerprint density at radius 1 is 1.08 bits per heavy atom. The summed E-state index contributed by atoms with van der Waals surface area (Å²) in [5, 5.41) is 7.37. The van der Waals surface area contributed by atoms with Crippen molar-refractivity contribution in [1.82, 2.24) is 14.8 Å². The van der Waals surface area contributed by atoms with E-state index >= 15 is 0 Å². The van der Waals surface area contributed by atoms with Gasteiger partial charge in [-0.2, -0.15) is 0 Å². The number of aldehydes is 1. The van der Waals surface area contributed by atoms with Gasteiger partial charge in [0, 0.05) is 11.3 Å². The fourth-order valence-electron chi connectivity index (χ4n) is 1.06. The van der Waals surface area contributed by atoms with Gasteiger partial charge >= 0.3 is 0 Å². The molecule has 0 radical (unpaired) electrons. The van der Waals surface area contributed by atoms with Crippen molar-refractivity contribution in [2.24, 2.45) is 0 Å². The van der Waals surface area contributed by atoms with Gasteiger partial charge in [0.25, 0.3) is 0 Å². The van der Waals surface area contributed by atoms with Crippen LogP contribution in [0.4, 0.5) is 0 Å². The molecule has 64 valence electrons. The van der Waals surface area contributed by atoms with E-state index in [-0.39, 0.29) is 0 Å². The number of nitrogens with zero attached hydrogens (tertiary/aromatic N) is 3. The molecule has 0 saturated heterocycles. The van der Waals surface area contributed by atoms with Crippen LogP contribution in [0, 0.1) is 0 Å². The van der Waals surface area contributed by atoms with Crippen LogP contribution in [0.2, 0.25) is 0 Å². The molecule has 1 aromatic carbocycles. The molecule has 0 aliphatic rings. The maximum Gasteiger partial charge on any atom is 0.150 e. The lowest BCUT2D eigenvalue weighted by Crippen LogP contribution is -1.89. The Morgan fingerprint density at radius 2 is 1.69 bits per heavy atom. The average molecular weight is 173 g/mol. The zero-order valence-electron chi connectivity index (χ0n) is 6.79. The minimum atomic E-state index is 0.664. The number of hydrogen-bond donors (Lipinski definition) is 0. The smallest absolute Gasteiger partial charge is 0.150 e. The van der Waals surface area contributed by atoms with Crippen LogP contribution in [0.3, 0.4) is 0 Å². The molecular formula is C9H7N3O. The fourth-order valence-corrected chi connectivity index (χ4v) is 1.06. The summed E-state index contributed by atoms with van der Waals surface area (Å²) in [5.41, 5.74) is 1.60. The van der Waals surface area contributed by atoms with E-state index in [9.17, 15) is 4.79 Å². The normalized spacial score (nSPS) is 9.85. The van der Waals surface area contributed by atoms with Crippen molar-refractivity contribution in [1.29, 1.82) is 0 Å². The number of hydrogen-bond acceptors (Lipinski definition) is 3. The molecule has 0 aliphatic carbocycles. The molecule has 0 atom stereocenters. The summed E-state index contributed by atoms with van der Waals surface area (Å²) in [7, 11) is 0. The molecule has 2 rings (SSSR count). The van der Waals surface area contributed by atoms with E-state index in [0.717, 1.165) is 12.0 Å². The molecular weight excluding hydrogens is 166 g/mol. The zero-order chi connectivity index (χ0) is 9.10. The maximum atomic E-state index is 10.4. The molecule has 4 heteroatoms. The zero-order valence-corrected chi connectivity index (χ0v) is 6.79. The highest BCUT2D eigenvalue weighted by Crippen LogP contribution is 2.06. The number of aromatic nitrogens is 3. The lowest BCUT2D eigenvalue weighted by atomic mass is 10.2. The summed E-state index contributed by atoms with van der Waals surface area (Å²) < 4.78 is 1.77. The first-order valence-corrected chi connectivity index (χ1v) is 3.80. The lowest BCUT2D eigenvalue weighted by Gasteiger charge is -1.99. The molecule has 0 amide bonds. The van der Waals surface area contributed by atoms with Gasteiger partial charge in [-0.1, -0.05) is 0 Å². The van der Waals surface area contributed by atoms with Crippen LogP contribution in [0.25, 0.3) is 5.69 Å². The Bertz CT molecular complexity index is 391. The minimum Gasteiger partial charge on any atom is -0.298 e. The van der Waals surface area contributed by atoms with E-state index in [1.54, 1.807) is 29.4 Å². The predicted octanol–water partition coefficient (Wildman–Crippen LogP) is 1.08. The van der Waals surface area contributed by atoms with Crippen LogP contribution in [-0.4, -0.2) is 21.1 Å². The molecule has 2 aromatic rings. The second-order valence-corrected chi connectivity index (χ2v) is 2.58. The summed E-state index contributed by atoms with van der Waals surface area (Å²) >= 11 is 0. The Kier molecular flexibility index (Phi) is 1.88. The second-order valence-electron chi connectivity index (χ2n) is 2.58. The van der Waals surface area contributed by atoms with Crippen LogP contribution in [0.15, 0.2) is 36.9 Å². The molecule has 0 fully saturated rings. The van der Waals surface area contributed by atoms with Gasteiger partial charge in [-0.15, -0.1) is 10.2 Å². The van der Waals surface area contributed by atoms with Crippen LogP contribution in [-0.2, 0) is 0 Å². The van der Waals surface area contributed by atoms with Crippen molar-refractivity contribution in [2.45, 2.75) is 0 Å².